The molecule has 1 heterocycles. The molecule has 1 saturated heterocycles. The van der Waals surface area contributed by atoms with Crippen LogP contribution in [0.4, 0.5) is 0 Å². The number of hydrogen-bond acceptors (Lipinski definition) is 6. The Morgan fingerprint density at radius 3 is 2.72 bits per heavy atom. The highest BCUT2D eigenvalue weighted by atomic mass is 16.6. The molecule has 0 aromatic carbocycles. The van der Waals surface area contributed by atoms with E-state index < -0.39 is 37.3 Å². The quantitative estimate of drug-likeness (QED) is 0.432. The molecule has 7 nitrogen and oxygen atoms in total. The van der Waals surface area contributed by atoms with Gasteiger partial charge in [0.2, 0.25) is 5.91 Å². The fraction of sp³-hybridized carbons (Fsp3) is 0.727. The molecule has 1 aliphatic heterocycles. The van der Waals surface area contributed by atoms with Crippen LogP contribution in [0.5, 0.6) is 0 Å². The first-order chi connectivity index (χ1) is 8.51. The van der Waals surface area contributed by atoms with Crippen molar-refractivity contribution in [3.8, 4) is 0 Å². The van der Waals surface area contributed by atoms with Gasteiger partial charge in [0.05, 0.1) is 13.2 Å². The summed E-state index contributed by atoms with van der Waals surface area (Å²) < 4.78 is 10.3. The van der Waals surface area contributed by atoms with Gasteiger partial charge in [-0.1, -0.05) is 6.08 Å². The number of hydrogen-bond donors (Lipinski definition) is 4. The predicted octanol–water partition coefficient (Wildman–Crippen LogP) is -1.87. The number of aliphatic hydroxyl groups excluding tert-OH is 3. The van der Waals surface area contributed by atoms with Crippen LogP contribution in [0, 0.1) is 0 Å². The van der Waals surface area contributed by atoms with E-state index in [0.717, 1.165) is 0 Å². The summed E-state index contributed by atoms with van der Waals surface area (Å²) in [5, 5.41) is 31.2. The van der Waals surface area contributed by atoms with Crippen molar-refractivity contribution in [3.63, 3.8) is 0 Å². The first-order valence-electron chi connectivity index (χ1n) is 5.63. The summed E-state index contributed by atoms with van der Waals surface area (Å²) >= 11 is 0. The average Bonchev–Trinajstić information content (AvgIpc) is 2.32. The van der Waals surface area contributed by atoms with Crippen molar-refractivity contribution in [2.24, 2.45) is 0 Å². The van der Waals surface area contributed by atoms with E-state index in [1.54, 1.807) is 0 Å². The van der Waals surface area contributed by atoms with Crippen LogP contribution in [0.25, 0.3) is 0 Å². The standard InChI is InChI=1S/C11H19NO6/c1-3-4-17-10-8(12-6(2)14)11(16)18-7(5-13)9(10)15/h3,7-11,13,15-16H,1,4-5H2,2H3,(H,12,14)/t7-,8+,9-,10-,11+/m1/s1. The van der Waals surface area contributed by atoms with Crippen molar-refractivity contribution in [3.05, 3.63) is 12.7 Å². The molecular formula is C11H19NO6. The molecule has 1 aliphatic rings. The molecule has 1 fully saturated rings. The third-order valence-corrected chi connectivity index (χ3v) is 2.65. The van der Waals surface area contributed by atoms with Gasteiger partial charge in [-0.05, 0) is 0 Å². The molecule has 0 aromatic rings. The highest BCUT2D eigenvalue weighted by molar-refractivity contribution is 5.73. The molecular weight excluding hydrogens is 242 g/mol. The predicted molar refractivity (Wildman–Crippen MR) is 61.5 cm³/mol. The third-order valence-electron chi connectivity index (χ3n) is 2.65. The molecule has 5 atom stereocenters. The Kier molecular flexibility index (Phi) is 5.70. The first kappa shape index (κ1) is 15.1. The molecule has 7 heteroatoms. The molecule has 0 saturated carbocycles. The van der Waals surface area contributed by atoms with Gasteiger partial charge in [0.25, 0.3) is 0 Å². The molecule has 0 bridgehead atoms. The first-order valence-corrected chi connectivity index (χ1v) is 5.63. The van der Waals surface area contributed by atoms with Gasteiger partial charge in [0.15, 0.2) is 6.29 Å². The molecule has 4 N–H and O–H groups in total. The maximum Gasteiger partial charge on any atom is 0.217 e. The van der Waals surface area contributed by atoms with Crippen LogP contribution in [0.1, 0.15) is 6.92 Å². The Labute approximate surface area is 105 Å². The lowest BCUT2D eigenvalue weighted by Gasteiger charge is -2.42. The fourth-order valence-electron chi connectivity index (χ4n) is 1.85. The van der Waals surface area contributed by atoms with Crippen LogP contribution in [-0.4, -0.2) is 65.1 Å². The summed E-state index contributed by atoms with van der Waals surface area (Å²) in [6.45, 7) is 4.44. The molecule has 0 spiro atoms. The zero-order valence-corrected chi connectivity index (χ0v) is 10.2. The van der Waals surface area contributed by atoms with Crippen molar-refractivity contribution in [2.45, 2.75) is 37.6 Å². The second-order valence-corrected chi connectivity index (χ2v) is 4.05. The molecule has 0 aromatic heterocycles. The number of rotatable bonds is 5. The summed E-state index contributed by atoms with van der Waals surface area (Å²) in [5.74, 6) is -0.385. The van der Waals surface area contributed by atoms with E-state index >= 15 is 0 Å². The topological polar surface area (TPSA) is 108 Å². The monoisotopic (exact) mass is 261 g/mol. The lowest BCUT2D eigenvalue weighted by atomic mass is 9.96. The van der Waals surface area contributed by atoms with E-state index in [1.807, 2.05) is 0 Å². The molecule has 1 amide bonds. The minimum Gasteiger partial charge on any atom is -0.394 e. The molecule has 18 heavy (non-hydrogen) atoms. The normalized spacial score (nSPS) is 36.1. The second kappa shape index (κ2) is 6.81. The van der Waals surface area contributed by atoms with Crippen LogP contribution < -0.4 is 5.32 Å². The highest BCUT2D eigenvalue weighted by Gasteiger charge is 2.45. The second-order valence-electron chi connectivity index (χ2n) is 4.05. The average molecular weight is 261 g/mol. The SMILES string of the molecule is C=CCO[C@H]1[C@H](O)[C@@H](CO)O[C@H](O)[C@H]1NC(C)=O. The van der Waals surface area contributed by atoms with Gasteiger partial charge in [-0.3, -0.25) is 4.79 Å². The Hall–Kier alpha value is -0.990. The smallest absolute Gasteiger partial charge is 0.217 e. The molecule has 0 radical (unpaired) electrons. The summed E-state index contributed by atoms with van der Waals surface area (Å²) in [4.78, 5) is 11.1. The Balaban J connectivity index is 2.82. The van der Waals surface area contributed by atoms with Crippen LogP contribution in [0.3, 0.4) is 0 Å². The van der Waals surface area contributed by atoms with E-state index in [1.165, 1.54) is 13.0 Å². The van der Waals surface area contributed by atoms with E-state index in [9.17, 15) is 15.0 Å². The zero-order valence-electron chi connectivity index (χ0n) is 10.2. The van der Waals surface area contributed by atoms with E-state index in [-0.39, 0.29) is 12.5 Å². The van der Waals surface area contributed by atoms with Gasteiger partial charge < -0.3 is 30.1 Å². The van der Waals surface area contributed by atoms with Crippen LogP contribution in [0.2, 0.25) is 0 Å². The Bertz CT molecular complexity index is 297. The van der Waals surface area contributed by atoms with Gasteiger partial charge in [-0.25, -0.2) is 0 Å². The number of ether oxygens (including phenoxy) is 2. The summed E-state index contributed by atoms with van der Waals surface area (Å²) in [7, 11) is 0. The molecule has 104 valence electrons. The zero-order chi connectivity index (χ0) is 13.7. The lowest BCUT2D eigenvalue weighted by molar-refractivity contribution is -0.260. The Morgan fingerprint density at radius 2 is 2.22 bits per heavy atom. The van der Waals surface area contributed by atoms with Gasteiger partial charge in [-0.2, -0.15) is 0 Å². The molecule has 1 rings (SSSR count). The van der Waals surface area contributed by atoms with Crippen molar-refractivity contribution >= 4 is 5.91 Å². The van der Waals surface area contributed by atoms with Crippen molar-refractivity contribution in [1.29, 1.82) is 0 Å². The van der Waals surface area contributed by atoms with Gasteiger partial charge in [-0.15, -0.1) is 6.58 Å². The van der Waals surface area contributed by atoms with Gasteiger partial charge in [0.1, 0.15) is 24.4 Å². The number of amides is 1. The highest BCUT2D eigenvalue weighted by Crippen LogP contribution is 2.22. The van der Waals surface area contributed by atoms with Crippen molar-refractivity contribution < 1.29 is 29.6 Å². The third kappa shape index (κ3) is 3.50. The van der Waals surface area contributed by atoms with Crippen LogP contribution >= 0.6 is 0 Å². The van der Waals surface area contributed by atoms with Crippen molar-refractivity contribution in [2.75, 3.05) is 13.2 Å². The maximum atomic E-state index is 11.1. The number of carbonyl (C=O) groups excluding carboxylic acids is 1. The Morgan fingerprint density at radius 1 is 1.56 bits per heavy atom. The molecule has 0 aliphatic carbocycles. The maximum absolute atomic E-state index is 11.1. The van der Waals surface area contributed by atoms with Gasteiger partial charge >= 0.3 is 0 Å². The molecule has 0 unspecified atom stereocenters. The summed E-state index contributed by atoms with van der Waals surface area (Å²) in [5.41, 5.74) is 0. The minimum absolute atomic E-state index is 0.142. The lowest BCUT2D eigenvalue weighted by Crippen LogP contribution is -2.64. The minimum atomic E-state index is -1.36. The largest absolute Gasteiger partial charge is 0.394 e. The number of carbonyl (C=O) groups is 1. The summed E-state index contributed by atoms with van der Waals surface area (Å²) in [6.07, 6.45) is -2.88. The van der Waals surface area contributed by atoms with Gasteiger partial charge in [0, 0.05) is 6.92 Å². The van der Waals surface area contributed by atoms with Crippen LogP contribution in [0.15, 0.2) is 12.7 Å². The fourth-order valence-corrected chi connectivity index (χ4v) is 1.85. The van der Waals surface area contributed by atoms with E-state index in [0.29, 0.717) is 0 Å². The van der Waals surface area contributed by atoms with E-state index in [2.05, 4.69) is 11.9 Å². The van der Waals surface area contributed by atoms with Crippen LogP contribution in [-0.2, 0) is 14.3 Å². The van der Waals surface area contributed by atoms with Crippen molar-refractivity contribution in [1.82, 2.24) is 5.32 Å². The summed E-state index contributed by atoms with van der Waals surface area (Å²) in [6, 6.07) is -0.903. The number of nitrogens with one attached hydrogen (secondary N) is 1. The van der Waals surface area contributed by atoms with E-state index in [4.69, 9.17) is 14.6 Å². The number of aliphatic hydroxyl groups is 3.